The second-order valence-electron chi connectivity index (χ2n) is 6.67. The SMILES string of the molecule is COc1ccc(C(=O)N/C(=C\c2cccc([N+](=O)[O-])c2)C(=O)Nc2ccc(Br)cc2)cc1Br. The van der Waals surface area contributed by atoms with E-state index in [9.17, 15) is 19.7 Å². The molecule has 168 valence electrons. The van der Waals surface area contributed by atoms with Crippen LogP contribution in [0.4, 0.5) is 11.4 Å². The second kappa shape index (κ2) is 10.9. The van der Waals surface area contributed by atoms with Crippen LogP contribution in [0, 0.1) is 10.1 Å². The van der Waals surface area contributed by atoms with Crippen molar-refractivity contribution in [2.24, 2.45) is 0 Å². The molecule has 0 bridgehead atoms. The molecule has 0 saturated heterocycles. The van der Waals surface area contributed by atoms with Gasteiger partial charge in [-0.1, -0.05) is 28.1 Å². The first-order valence-corrected chi connectivity index (χ1v) is 11.0. The summed E-state index contributed by atoms with van der Waals surface area (Å²) in [6.45, 7) is 0. The first-order chi connectivity index (χ1) is 15.8. The Balaban J connectivity index is 1.93. The lowest BCUT2D eigenvalue weighted by Gasteiger charge is -2.12. The summed E-state index contributed by atoms with van der Waals surface area (Å²) >= 11 is 6.66. The molecule has 0 fully saturated rings. The van der Waals surface area contributed by atoms with Gasteiger partial charge in [0.05, 0.1) is 16.5 Å². The van der Waals surface area contributed by atoms with Gasteiger partial charge in [0, 0.05) is 27.9 Å². The Morgan fingerprint density at radius 1 is 1.03 bits per heavy atom. The molecule has 0 spiro atoms. The van der Waals surface area contributed by atoms with E-state index in [1.165, 1.54) is 31.4 Å². The van der Waals surface area contributed by atoms with Crippen LogP contribution in [-0.4, -0.2) is 23.8 Å². The average Bonchev–Trinajstić information content (AvgIpc) is 2.80. The highest BCUT2D eigenvalue weighted by molar-refractivity contribution is 9.10. The summed E-state index contributed by atoms with van der Waals surface area (Å²) in [6, 6.07) is 17.4. The summed E-state index contributed by atoms with van der Waals surface area (Å²) < 4.78 is 6.58. The minimum absolute atomic E-state index is 0.0876. The van der Waals surface area contributed by atoms with Crippen molar-refractivity contribution < 1.29 is 19.2 Å². The molecule has 10 heteroatoms. The molecule has 2 amide bonds. The van der Waals surface area contributed by atoms with E-state index >= 15 is 0 Å². The third-order valence-corrected chi connectivity index (χ3v) is 5.55. The van der Waals surface area contributed by atoms with Gasteiger partial charge in [-0.3, -0.25) is 19.7 Å². The second-order valence-corrected chi connectivity index (χ2v) is 8.44. The molecular weight excluding hydrogens is 558 g/mol. The van der Waals surface area contributed by atoms with Crippen molar-refractivity contribution in [3.8, 4) is 5.75 Å². The standard InChI is InChI=1S/C23H17Br2N3O5/c1-33-21-10-5-15(13-19(21)25)22(29)27-20(12-14-3-2-4-18(11-14)28(31)32)23(30)26-17-8-6-16(24)7-9-17/h2-13H,1H3,(H,26,30)(H,27,29)/b20-12-. The largest absolute Gasteiger partial charge is 0.496 e. The van der Waals surface area contributed by atoms with E-state index in [1.807, 2.05) is 0 Å². The Bertz CT molecular complexity index is 1240. The Kier molecular flexibility index (Phi) is 7.96. The van der Waals surface area contributed by atoms with Crippen LogP contribution in [0.5, 0.6) is 5.75 Å². The third kappa shape index (κ3) is 6.50. The van der Waals surface area contributed by atoms with Crippen molar-refractivity contribution in [1.29, 1.82) is 0 Å². The van der Waals surface area contributed by atoms with Gasteiger partial charge in [-0.25, -0.2) is 0 Å². The van der Waals surface area contributed by atoms with Gasteiger partial charge in [0.1, 0.15) is 11.4 Å². The number of nitrogens with one attached hydrogen (secondary N) is 2. The first kappa shape index (κ1) is 24.1. The molecule has 3 rings (SSSR count). The third-order valence-electron chi connectivity index (χ3n) is 4.40. The van der Waals surface area contributed by atoms with Crippen molar-refractivity contribution in [1.82, 2.24) is 5.32 Å². The number of amides is 2. The molecule has 33 heavy (non-hydrogen) atoms. The number of nitro benzene ring substituents is 1. The summed E-state index contributed by atoms with van der Waals surface area (Å²) in [5.41, 5.74) is 0.942. The molecule has 0 radical (unpaired) electrons. The number of nitro groups is 1. The normalized spacial score (nSPS) is 10.9. The number of carbonyl (C=O) groups is 2. The first-order valence-electron chi connectivity index (χ1n) is 9.45. The van der Waals surface area contributed by atoms with Crippen molar-refractivity contribution in [2.45, 2.75) is 0 Å². The van der Waals surface area contributed by atoms with E-state index in [2.05, 4.69) is 42.5 Å². The topological polar surface area (TPSA) is 111 Å². The van der Waals surface area contributed by atoms with Gasteiger partial charge in [-0.05, 0) is 70.0 Å². The number of benzene rings is 3. The van der Waals surface area contributed by atoms with E-state index in [0.29, 0.717) is 21.5 Å². The molecule has 0 aliphatic rings. The Morgan fingerprint density at radius 2 is 1.76 bits per heavy atom. The van der Waals surface area contributed by atoms with Gasteiger partial charge in [0.2, 0.25) is 0 Å². The average molecular weight is 575 g/mol. The molecule has 0 unspecified atom stereocenters. The van der Waals surface area contributed by atoms with Crippen LogP contribution >= 0.6 is 31.9 Å². The number of halogens is 2. The van der Waals surface area contributed by atoms with Gasteiger partial charge in [-0.15, -0.1) is 0 Å². The Labute approximate surface area is 206 Å². The molecule has 3 aromatic carbocycles. The molecule has 0 heterocycles. The van der Waals surface area contributed by atoms with Crippen molar-refractivity contribution in [2.75, 3.05) is 12.4 Å². The lowest BCUT2D eigenvalue weighted by Crippen LogP contribution is -2.30. The summed E-state index contributed by atoms with van der Waals surface area (Å²) in [4.78, 5) is 36.4. The van der Waals surface area contributed by atoms with Crippen LogP contribution in [0.2, 0.25) is 0 Å². The summed E-state index contributed by atoms with van der Waals surface area (Å²) in [7, 11) is 1.51. The van der Waals surface area contributed by atoms with Crippen LogP contribution in [0.1, 0.15) is 15.9 Å². The number of hydrogen-bond acceptors (Lipinski definition) is 5. The number of ether oxygens (including phenoxy) is 1. The van der Waals surface area contributed by atoms with Crippen molar-refractivity contribution in [3.05, 3.63) is 103 Å². The number of methoxy groups -OCH3 is 1. The van der Waals surface area contributed by atoms with Crippen LogP contribution in [0.25, 0.3) is 6.08 Å². The van der Waals surface area contributed by atoms with E-state index < -0.39 is 16.7 Å². The van der Waals surface area contributed by atoms with E-state index in [-0.39, 0.29) is 16.9 Å². The summed E-state index contributed by atoms with van der Waals surface area (Å²) in [6.07, 6.45) is 1.37. The van der Waals surface area contributed by atoms with Gasteiger partial charge in [0.15, 0.2) is 0 Å². The van der Waals surface area contributed by atoms with Gasteiger partial charge >= 0.3 is 0 Å². The zero-order valence-electron chi connectivity index (χ0n) is 17.2. The quantitative estimate of drug-likeness (QED) is 0.219. The summed E-state index contributed by atoms with van der Waals surface area (Å²) in [5, 5.41) is 16.4. The van der Waals surface area contributed by atoms with E-state index in [0.717, 1.165) is 4.47 Å². The minimum Gasteiger partial charge on any atom is -0.496 e. The van der Waals surface area contributed by atoms with Gasteiger partial charge in [0.25, 0.3) is 17.5 Å². The minimum atomic E-state index is -0.593. The number of non-ortho nitro benzene ring substituents is 1. The number of carbonyl (C=O) groups excluding carboxylic acids is 2. The Morgan fingerprint density at radius 3 is 2.39 bits per heavy atom. The number of rotatable bonds is 7. The van der Waals surface area contributed by atoms with E-state index in [1.54, 1.807) is 48.5 Å². The highest BCUT2D eigenvalue weighted by Crippen LogP contribution is 2.26. The summed E-state index contributed by atoms with van der Waals surface area (Å²) in [5.74, 6) is -0.586. The molecule has 0 aliphatic heterocycles. The van der Waals surface area contributed by atoms with Gasteiger partial charge in [-0.2, -0.15) is 0 Å². The molecule has 0 aromatic heterocycles. The lowest BCUT2D eigenvalue weighted by atomic mass is 10.1. The number of hydrogen-bond donors (Lipinski definition) is 2. The molecule has 0 aliphatic carbocycles. The predicted molar refractivity (Wildman–Crippen MR) is 132 cm³/mol. The van der Waals surface area contributed by atoms with Crippen LogP contribution in [0.3, 0.4) is 0 Å². The Hall–Kier alpha value is -3.50. The fourth-order valence-electron chi connectivity index (χ4n) is 2.79. The van der Waals surface area contributed by atoms with Crippen LogP contribution in [0.15, 0.2) is 81.4 Å². The fraction of sp³-hybridized carbons (Fsp3) is 0.0435. The van der Waals surface area contributed by atoms with Gasteiger partial charge < -0.3 is 15.4 Å². The predicted octanol–water partition coefficient (Wildman–Crippen LogP) is 5.54. The zero-order chi connectivity index (χ0) is 24.0. The monoisotopic (exact) mass is 573 g/mol. The smallest absolute Gasteiger partial charge is 0.272 e. The maximum atomic E-state index is 13.0. The highest BCUT2D eigenvalue weighted by atomic mass is 79.9. The van der Waals surface area contributed by atoms with Crippen molar-refractivity contribution >= 4 is 61.1 Å². The molecule has 2 N–H and O–H groups in total. The van der Waals surface area contributed by atoms with E-state index in [4.69, 9.17) is 4.74 Å². The van der Waals surface area contributed by atoms with Crippen molar-refractivity contribution in [3.63, 3.8) is 0 Å². The lowest BCUT2D eigenvalue weighted by molar-refractivity contribution is -0.384. The molecule has 3 aromatic rings. The maximum absolute atomic E-state index is 13.0. The maximum Gasteiger partial charge on any atom is 0.272 e. The molecule has 0 atom stereocenters. The molecular formula is C23H17Br2N3O5. The van der Waals surface area contributed by atoms with Crippen LogP contribution < -0.4 is 15.4 Å². The number of anilines is 1. The highest BCUT2D eigenvalue weighted by Gasteiger charge is 2.17. The molecule has 8 nitrogen and oxygen atoms in total. The van der Waals surface area contributed by atoms with Crippen LogP contribution in [-0.2, 0) is 4.79 Å². The fourth-order valence-corrected chi connectivity index (χ4v) is 3.59. The number of nitrogens with zero attached hydrogens (tertiary/aromatic N) is 1. The molecule has 0 saturated carbocycles. The zero-order valence-corrected chi connectivity index (χ0v) is 20.3.